The molecule has 1 fully saturated rings. The Labute approximate surface area is 189 Å². The summed E-state index contributed by atoms with van der Waals surface area (Å²) in [7, 11) is 0. The van der Waals surface area contributed by atoms with Crippen molar-refractivity contribution in [2.45, 2.75) is 79.7 Å². The highest BCUT2D eigenvalue weighted by Gasteiger charge is 2.25. The van der Waals surface area contributed by atoms with Gasteiger partial charge in [0.25, 0.3) is 0 Å². The molecule has 3 heteroatoms. The average molecular weight is 426 g/mol. The Bertz CT molecular complexity index is 829. The van der Waals surface area contributed by atoms with Gasteiger partial charge in [0.15, 0.2) is 0 Å². The van der Waals surface area contributed by atoms with Crippen molar-refractivity contribution in [3.05, 3.63) is 53.8 Å². The predicted octanol–water partition coefficient (Wildman–Crippen LogP) is 7.50. The third kappa shape index (κ3) is 8.57. The summed E-state index contributed by atoms with van der Waals surface area (Å²) < 4.78 is 5.32. The second-order valence-corrected chi connectivity index (χ2v) is 9.92. The van der Waals surface area contributed by atoms with Crippen molar-refractivity contribution in [2.24, 2.45) is 11.3 Å². The monoisotopic (exact) mass is 425 g/mol. The number of hydrogen-bond acceptors (Lipinski definition) is 3. The lowest BCUT2D eigenvalue weighted by atomic mass is 9.72. The summed E-state index contributed by atoms with van der Waals surface area (Å²) >= 11 is 0. The van der Waals surface area contributed by atoms with E-state index in [2.05, 4.69) is 50.9 Å². The number of phenols is 1. The van der Waals surface area contributed by atoms with Crippen LogP contribution < -0.4 is 5.32 Å². The lowest BCUT2D eigenvalue weighted by molar-refractivity contribution is 0.180. The zero-order chi connectivity index (χ0) is 22.9. The molecule has 0 radical (unpaired) electrons. The zero-order valence-corrected chi connectivity index (χ0v) is 20.4. The molecule has 31 heavy (non-hydrogen) atoms. The summed E-state index contributed by atoms with van der Waals surface area (Å²) in [5.74, 6) is 2.15. The van der Waals surface area contributed by atoms with E-state index in [4.69, 9.17) is 4.74 Å². The molecule has 0 bridgehead atoms. The van der Waals surface area contributed by atoms with Crippen LogP contribution in [0.3, 0.4) is 0 Å². The Hall–Kier alpha value is -2.00. The van der Waals surface area contributed by atoms with Crippen molar-refractivity contribution < 1.29 is 9.84 Å². The van der Waals surface area contributed by atoms with E-state index in [1.54, 1.807) is 12.1 Å². The maximum atomic E-state index is 9.62. The number of phenolic OH excluding ortho intramolecular Hbond substituents is 1. The van der Waals surface area contributed by atoms with Gasteiger partial charge in [-0.05, 0) is 78.1 Å². The highest BCUT2D eigenvalue weighted by molar-refractivity contribution is 5.87. The summed E-state index contributed by atoms with van der Waals surface area (Å²) in [5, 5.41) is 15.3. The van der Waals surface area contributed by atoms with Gasteiger partial charge < -0.3 is 15.2 Å². The van der Waals surface area contributed by atoms with E-state index in [1.807, 2.05) is 13.8 Å². The first-order valence-electron chi connectivity index (χ1n) is 11.9. The van der Waals surface area contributed by atoms with Crippen LogP contribution in [-0.4, -0.2) is 18.3 Å². The molecule has 3 rings (SSSR count). The van der Waals surface area contributed by atoms with Gasteiger partial charge in [-0.15, -0.1) is 0 Å². The van der Waals surface area contributed by atoms with Crippen LogP contribution in [0, 0.1) is 18.3 Å². The lowest BCUT2D eigenvalue weighted by Crippen LogP contribution is -2.22. The number of aromatic hydroxyl groups is 1. The number of benzene rings is 2. The van der Waals surface area contributed by atoms with Gasteiger partial charge in [0, 0.05) is 19.5 Å². The highest BCUT2D eigenvalue weighted by Crippen LogP contribution is 2.37. The summed E-state index contributed by atoms with van der Waals surface area (Å²) in [6.45, 7) is 17.3. The van der Waals surface area contributed by atoms with Gasteiger partial charge in [-0.2, -0.15) is 0 Å². The maximum absolute atomic E-state index is 9.62. The molecule has 0 aliphatic heterocycles. The third-order valence-corrected chi connectivity index (χ3v) is 6.30. The Kier molecular flexibility index (Phi) is 9.90. The van der Waals surface area contributed by atoms with Crippen LogP contribution in [0.5, 0.6) is 5.75 Å². The Morgan fingerprint density at radius 2 is 1.84 bits per heavy atom. The molecule has 2 aromatic carbocycles. The van der Waals surface area contributed by atoms with Crippen LogP contribution in [0.2, 0.25) is 0 Å². The molecular weight excluding hydrogens is 382 g/mol. The fourth-order valence-corrected chi connectivity index (χ4v) is 4.39. The molecule has 0 spiro atoms. The van der Waals surface area contributed by atoms with Crippen LogP contribution in [-0.2, 0) is 11.3 Å². The van der Waals surface area contributed by atoms with Crippen LogP contribution in [0.1, 0.15) is 77.3 Å². The molecule has 0 saturated heterocycles. The summed E-state index contributed by atoms with van der Waals surface area (Å²) in [5.41, 5.74) is 2.90. The molecule has 0 heterocycles. The van der Waals surface area contributed by atoms with Gasteiger partial charge in [-0.3, -0.25) is 0 Å². The fraction of sp³-hybridized carbons (Fsp3) is 0.571. The number of ether oxygens (including phenoxy) is 1. The number of nitrogens with one attached hydrogen (secondary N) is 1. The normalized spacial score (nSPS) is 14.7. The second kappa shape index (κ2) is 12.1. The number of aryl methyl sites for hydroxylation is 1. The van der Waals surface area contributed by atoms with Crippen molar-refractivity contribution in [1.82, 2.24) is 5.32 Å². The molecule has 0 aromatic heterocycles. The van der Waals surface area contributed by atoms with Gasteiger partial charge in [-0.25, -0.2) is 0 Å². The molecule has 2 aromatic rings. The van der Waals surface area contributed by atoms with E-state index in [1.165, 1.54) is 43.1 Å². The topological polar surface area (TPSA) is 41.5 Å². The average Bonchev–Trinajstić information content (AvgIpc) is 2.72. The second-order valence-electron chi connectivity index (χ2n) is 9.92. The van der Waals surface area contributed by atoms with Gasteiger partial charge >= 0.3 is 0 Å². The minimum Gasteiger partial charge on any atom is -0.508 e. The van der Waals surface area contributed by atoms with Gasteiger partial charge in [-0.1, -0.05) is 58.7 Å². The van der Waals surface area contributed by atoms with Gasteiger partial charge in [0.1, 0.15) is 5.75 Å². The molecule has 172 valence electrons. The zero-order valence-electron chi connectivity index (χ0n) is 20.4. The van der Waals surface area contributed by atoms with Crippen molar-refractivity contribution in [3.63, 3.8) is 0 Å². The smallest absolute Gasteiger partial charge is 0.116 e. The highest BCUT2D eigenvalue weighted by atomic mass is 16.5. The molecule has 3 nitrogen and oxygen atoms in total. The Morgan fingerprint density at radius 1 is 1.13 bits per heavy atom. The van der Waals surface area contributed by atoms with E-state index in [0.29, 0.717) is 17.8 Å². The van der Waals surface area contributed by atoms with Crippen LogP contribution >= 0.6 is 0 Å². The Balaban J connectivity index is 0.000000285. The standard InChI is InChI=1S/C18H23NO2.C10H20/c1-4-21-14(3)7-8-19-12-15-5-6-16-11-17(20)9-13(2)18(16)10-15;1-10(2,3)9-7-5-4-6-8-9/h5-6,9-11,19-20H,3-4,7-8,12H2,1-2H3;9H,4-8H2,1-3H3. The predicted molar refractivity (Wildman–Crippen MR) is 133 cm³/mol. The molecule has 1 saturated carbocycles. The summed E-state index contributed by atoms with van der Waals surface area (Å²) in [6.07, 6.45) is 8.21. The SMILES string of the molecule is C=C(CCNCc1ccc2cc(O)cc(C)c2c1)OCC.CC(C)(C)C1CCCCC1. The van der Waals surface area contributed by atoms with E-state index >= 15 is 0 Å². The molecular formula is C28H43NO2. The maximum Gasteiger partial charge on any atom is 0.116 e. The first kappa shape index (κ1) is 25.3. The van der Waals surface area contributed by atoms with E-state index in [0.717, 1.165) is 42.1 Å². The minimum absolute atomic E-state index is 0.320. The van der Waals surface area contributed by atoms with E-state index < -0.39 is 0 Å². The molecule has 1 aliphatic carbocycles. The van der Waals surface area contributed by atoms with E-state index in [-0.39, 0.29) is 0 Å². The quantitative estimate of drug-likeness (QED) is 0.356. The Morgan fingerprint density at radius 3 is 2.45 bits per heavy atom. The van der Waals surface area contributed by atoms with Crippen molar-refractivity contribution in [2.75, 3.05) is 13.2 Å². The molecule has 0 amide bonds. The first-order chi connectivity index (χ1) is 14.7. The van der Waals surface area contributed by atoms with Crippen molar-refractivity contribution in [3.8, 4) is 5.75 Å². The molecule has 0 atom stereocenters. The van der Waals surface area contributed by atoms with Gasteiger partial charge in [0.05, 0.1) is 12.4 Å². The first-order valence-corrected chi connectivity index (χ1v) is 11.9. The lowest BCUT2D eigenvalue weighted by Gasteiger charge is -2.33. The number of fused-ring (bicyclic) bond motifs is 1. The largest absolute Gasteiger partial charge is 0.508 e. The number of rotatable bonds is 7. The number of hydrogen-bond donors (Lipinski definition) is 2. The fourth-order valence-electron chi connectivity index (χ4n) is 4.39. The van der Waals surface area contributed by atoms with Crippen molar-refractivity contribution in [1.29, 1.82) is 0 Å². The molecule has 0 unspecified atom stereocenters. The van der Waals surface area contributed by atoms with Crippen LogP contribution in [0.25, 0.3) is 10.8 Å². The van der Waals surface area contributed by atoms with Gasteiger partial charge in [0.2, 0.25) is 0 Å². The van der Waals surface area contributed by atoms with Crippen LogP contribution in [0.4, 0.5) is 0 Å². The molecule has 1 aliphatic rings. The summed E-state index contributed by atoms with van der Waals surface area (Å²) in [4.78, 5) is 0. The van der Waals surface area contributed by atoms with Crippen LogP contribution in [0.15, 0.2) is 42.7 Å². The van der Waals surface area contributed by atoms with E-state index in [9.17, 15) is 5.11 Å². The van der Waals surface area contributed by atoms with Crippen molar-refractivity contribution >= 4 is 10.8 Å². The molecule has 2 N–H and O–H groups in total. The summed E-state index contributed by atoms with van der Waals surface area (Å²) in [6, 6.07) is 9.91. The minimum atomic E-state index is 0.320. The third-order valence-electron chi connectivity index (χ3n) is 6.30.